The van der Waals surface area contributed by atoms with E-state index in [1.807, 2.05) is 19.1 Å². The molecule has 4 nitrogen and oxygen atoms in total. The number of nitrogens with two attached hydrogens (primary N) is 1. The normalized spacial score (nSPS) is 10.9. The van der Waals surface area contributed by atoms with E-state index in [2.05, 4.69) is 58.3 Å². The van der Waals surface area contributed by atoms with Crippen LogP contribution in [0.4, 0.5) is 5.69 Å². The van der Waals surface area contributed by atoms with Gasteiger partial charge in [0.05, 0.1) is 11.1 Å². The summed E-state index contributed by atoms with van der Waals surface area (Å²) < 4.78 is 0.801. The summed E-state index contributed by atoms with van der Waals surface area (Å²) in [5, 5.41) is 4.38. The SMILES string of the molecule is Cc1cc(NCc2c(C)cccc2C)c2cc(Br)cc(C(N)=O)c2n1. The number of nitrogens with zero attached hydrogens (tertiary/aromatic N) is 1. The van der Waals surface area contributed by atoms with Crippen LogP contribution in [-0.4, -0.2) is 10.9 Å². The molecule has 0 saturated carbocycles. The molecule has 1 aromatic heterocycles. The van der Waals surface area contributed by atoms with E-state index in [4.69, 9.17) is 5.73 Å². The second-order valence-corrected chi connectivity index (χ2v) is 7.16. The highest BCUT2D eigenvalue weighted by atomic mass is 79.9. The first-order valence-electron chi connectivity index (χ1n) is 8.06. The predicted octanol–water partition coefficient (Wildman–Crippen LogP) is 4.63. The van der Waals surface area contributed by atoms with Crippen LogP contribution in [0.5, 0.6) is 0 Å². The lowest BCUT2D eigenvalue weighted by Gasteiger charge is -2.15. The fourth-order valence-corrected chi connectivity index (χ4v) is 3.52. The Balaban J connectivity index is 2.09. The van der Waals surface area contributed by atoms with Crippen LogP contribution in [0.15, 0.2) is 40.9 Å². The zero-order chi connectivity index (χ0) is 18.1. The number of halogens is 1. The summed E-state index contributed by atoms with van der Waals surface area (Å²) in [4.78, 5) is 16.3. The van der Waals surface area contributed by atoms with E-state index < -0.39 is 5.91 Å². The summed E-state index contributed by atoms with van der Waals surface area (Å²) >= 11 is 3.46. The van der Waals surface area contributed by atoms with Gasteiger partial charge >= 0.3 is 0 Å². The van der Waals surface area contributed by atoms with E-state index in [1.165, 1.54) is 16.7 Å². The van der Waals surface area contributed by atoms with Crippen molar-refractivity contribution >= 4 is 38.4 Å². The first kappa shape index (κ1) is 17.4. The van der Waals surface area contributed by atoms with Gasteiger partial charge < -0.3 is 11.1 Å². The summed E-state index contributed by atoms with van der Waals surface area (Å²) in [7, 11) is 0. The lowest BCUT2D eigenvalue weighted by molar-refractivity contribution is 0.100. The van der Waals surface area contributed by atoms with Crippen LogP contribution in [0.3, 0.4) is 0 Å². The summed E-state index contributed by atoms with van der Waals surface area (Å²) in [6, 6.07) is 12.0. The first-order valence-corrected chi connectivity index (χ1v) is 8.86. The summed E-state index contributed by atoms with van der Waals surface area (Å²) in [6.45, 7) is 6.84. The van der Waals surface area contributed by atoms with E-state index in [0.29, 0.717) is 17.6 Å². The van der Waals surface area contributed by atoms with Gasteiger partial charge in [-0.1, -0.05) is 34.1 Å². The van der Waals surface area contributed by atoms with Crippen LogP contribution in [0.25, 0.3) is 10.9 Å². The van der Waals surface area contributed by atoms with Crippen LogP contribution in [-0.2, 0) is 6.54 Å². The monoisotopic (exact) mass is 397 g/mol. The Labute approximate surface area is 155 Å². The second kappa shape index (κ2) is 6.84. The van der Waals surface area contributed by atoms with Gasteiger partial charge in [0.1, 0.15) is 0 Å². The molecular weight excluding hydrogens is 378 g/mol. The van der Waals surface area contributed by atoms with Crippen molar-refractivity contribution in [1.82, 2.24) is 4.98 Å². The molecule has 1 amide bonds. The van der Waals surface area contributed by atoms with E-state index in [9.17, 15) is 4.79 Å². The molecule has 0 aliphatic rings. The maximum Gasteiger partial charge on any atom is 0.250 e. The van der Waals surface area contributed by atoms with Gasteiger partial charge in [0.25, 0.3) is 5.91 Å². The molecule has 25 heavy (non-hydrogen) atoms. The quantitative estimate of drug-likeness (QED) is 0.673. The van der Waals surface area contributed by atoms with Gasteiger partial charge in [0, 0.05) is 27.8 Å². The molecule has 0 radical (unpaired) electrons. The number of anilines is 1. The molecule has 0 fully saturated rings. The predicted molar refractivity (Wildman–Crippen MR) is 106 cm³/mol. The van der Waals surface area contributed by atoms with Gasteiger partial charge in [-0.3, -0.25) is 9.78 Å². The van der Waals surface area contributed by atoms with Crippen molar-refractivity contribution in [3.05, 3.63) is 68.8 Å². The molecule has 0 atom stereocenters. The van der Waals surface area contributed by atoms with Gasteiger partial charge in [-0.05, 0) is 55.7 Å². The molecule has 0 spiro atoms. The minimum Gasteiger partial charge on any atom is -0.380 e. The molecule has 1 heterocycles. The standard InChI is InChI=1S/C20H20BrN3O/c1-11-5-4-6-12(2)17(11)10-23-18-7-13(3)24-19-15(18)8-14(21)9-16(19)20(22)25/h4-9H,10H2,1-3H3,(H2,22,25)(H,23,24). The molecule has 0 saturated heterocycles. The van der Waals surface area contributed by atoms with Crippen LogP contribution >= 0.6 is 15.9 Å². The van der Waals surface area contributed by atoms with Crippen molar-refractivity contribution < 1.29 is 4.79 Å². The lowest BCUT2D eigenvalue weighted by atomic mass is 10.0. The second-order valence-electron chi connectivity index (χ2n) is 6.25. The number of nitrogens with one attached hydrogen (secondary N) is 1. The number of rotatable bonds is 4. The highest BCUT2D eigenvalue weighted by Gasteiger charge is 2.14. The van der Waals surface area contributed by atoms with Crippen molar-refractivity contribution in [1.29, 1.82) is 0 Å². The molecule has 3 rings (SSSR count). The topological polar surface area (TPSA) is 68.0 Å². The number of carbonyl (C=O) groups is 1. The molecule has 0 aliphatic heterocycles. The number of aromatic nitrogens is 1. The fourth-order valence-electron chi connectivity index (χ4n) is 3.07. The summed E-state index contributed by atoms with van der Waals surface area (Å²) in [6.07, 6.45) is 0. The number of primary amides is 1. The van der Waals surface area contributed by atoms with Crippen molar-refractivity contribution in [2.45, 2.75) is 27.3 Å². The molecule has 0 bridgehead atoms. The summed E-state index contributed by atoms with van der Waals surface area (Å²) in [5.74, 6) is -0.481. The number of carbonyl (C=O) groups excluding carboxylic acids is 1. The van der Waals surface area contributed by atoms with E-state index >= 15 is 0 Å². The number of benzene rings is 2. The minimum absolute atomic E-state index is 0.420. The maximum absolute atomic E-state index is 11.8. The van der Waals surface area contributed by atoms with Gasteiger partial charge in [-0.2, -0.15) is 0 Å². The Kier molecular flexibility index (Phi) is 4.77. The Hall–Kier alpha value is -2.40. The number of amides is 1. The van der Waals surface area contributed by atoms with E-state index in [-0.39, 0.29) is 0 Å². The first-order chi connectivity index (χ1) is 11.9. The molecule has 3 N–H and O–H groups in total. The maximum atomic E-state index is 11.8. The number of pyridine rings is 1. The van der Waals surface area contributed by atoms with Gasteiger partial charge in [0.2, 0.25) is 0 Å². The lowest BCUT2D eigenvalue weighted by Crippen LogP contribution is -2.13. The Morgan fingerprint density at radius 2 is 1.84 bits per heavy atom. The van der Waals surface area contributed by atoms with Crippen LogP contribution in [0.1, 0.15) is 32.7 Å². The molecule has 5 heteroatoms. The van der Waals surface area contributed by atoms with Crippen molar-refractivity contribution in [2.24, 2.45) is 5.73 Å². The molecule has 0 unspecified atom stereocenters. The zero-order valence-electron chi connectivity index (χ0n) is 14.5. The Bertz CT molecular complexity index is 962. The largest absolute Gasteiger partial charge is 0.380 e. The Morgan fingerprint density at radius 1 is 1.16 bits per heavy atom. The van der Waals surface area contributed by atoms with Crippen LogP contribution < -0.4 is 11.1 Å². The van der Waals surface area contributed by atoms with Gasteiger partial charge in [-0.15, -0.1) is 0 Å². The van der Waals surface area contributed by atoms with Gasteiger partial charge in [0.15, 0.2) is 0 Å². The number of fused-ring (bicyclic) bond motifs is 1. The molecule has 0 aliphatic carbocycles. The van der Waals surface area contributed by atoms with Crippen molar-refractivity contribution in [3.63, 3.8) is 0 Å². The average molecular weight is 398 g/mol. The summed E-state index contributed by atoms with van der Waals surface area (Å²) in [5.41, 5.74) is 12.1. The third kappa shape index (κ3) is 3.51. The number of hydrogen-bond donors (Lipinski definition) is 2. The van der Waals surface area contributed by atoms with Crippen molar-refractivity contribution in [3.8, 4) is 0 Å². The van der Waals surface area contributed by atoms with Crippen LogP contribution in [0.2, 0.25) is 0 Å². The smallest absolute Gasteiger partial charge is 0.250 e. The minimum atomic E-state index is -0.481. The van der Waals surface area contributed by atoms with Crippen LogP contribution in [0, 0.1) is 20.8 Å². The molecule has 3 aromatic rings. The molecule has 128 valence electrons. The number of aryl methyl sites for hydroxylation is 3. The van der Waals surface area contributed by atoms with E-state index in [1.54, 1.807) is 6.07 Å². The average Bonchev–Trinajstić information content (AvgIpc) is 2.54. The Morgan fingerprint density at radius 3 is 2.48 bits per heavy atom. The van der Waals surface area contributed by atoms with Gasteiger partial charge in [-0.25, -0.2) is 0 Å². The molecule has 2 aromatic carbocycles. The third-order valence-corrected chi connectivity index (χ3v) is 4.83. The zero-order valence-corrected chi connectivity index (χ0v) is 16.1. The molecular formula is C20H20BrN3O. The highest BCUT2D eigenvalue weighted by Crippen LogP contribution is 2.30. The number of hydrogen-bond acceptors (Lipinski definition) is 3. The highest BCUT2D eigenvalue weighted by molar-refractivity contribution is 9.10. The van der Waals surface area contributed by atoms with E-state index in [0.717, 1.165) is 21.2 Å². The van der Waals surface area contributed by atoms with Crippen molar-refractivity contribution in [2.75, 3.05) is 5.32 Å². The third-order valence-electron chi connectivity index (χ3n) is 4.37. The fraction of sp³-hybridized carbons (Fsp3) is 0.200.